The SMILES string of the molecule is CO[C@H](C)[C@H](NC(=O)[C@H](CCC(N)=O)NC(=O)C(C)C)C(N)=O. The van der Waals surface area contributed by atoms with Crippen molar-refractivity contribution >= 4 is 23.6 Å². The molecule has 132 valence electrons. The Kier molecular flexibility index (Phi) is 8.86. The number of nitrogens with one attached hydrogen (secondary N) is 2. The summed E-state index contributed by atoms with van der Waals surface area (Å²) in [5, 5.41) is 4.95. The van der Waals surface area contributed by atoms with E-state index in [4.69, 9.17) is 16.2 Å². The zero-order valence-electron chi connectivity index (χ0n) is 13.9. The lowest BCUT2D eigenvalue weighted by Crippen LogP contribution is -2.57. The lowest BCUT2D eigenvalue weighted by molar-refractivity contribution is -0.134. The molecule has 0 aliphatic rings. The lowest BCUT2D eigenvalue weighted by Gasteiger charge is -2.25. The fourth-order valence-corrected chi connectivity index (χ4v) is 1.70. The van der Waals surface area contributed by atoms with E-state index in [0.29, 0.717) is 0 Å². The van der Waals surface area contributed by atoms with Crippen LogP contribution in [0.3, 0.4) is 0 Å². The highest BCUT2D eigenvalue weighted by molar-refractivity contribution is 5.92. The van der Waals surface area contributed by atoms with Gasteiger partial charge in [0.25, 0.3) is 0 Å². The van der Waals surface area contributed by atoms with Crippen LogP contribution in [0.5, 0.6) is 0 Å². The van der Waals surface area contributed by atoms with Crippen LogP contribution in [-0.2, 0) is 23.9 Å². The molecule has 0 heterocycles. The number of methoxy groups -OCH3 is 1. The van der Waals surface area contributed by atoms with Gasteiger partial charge in [0.2, 0.25) is 23.6 Å². The van der Waals surface area contributed by atoms with Crippen LogP contribution < -0.4 is 22.1 Å². The molecule has 23 heavy (non-hydrogen) atoms. The highest BCUT2D eigenvalue weighted by Gasteiger charge is 2.29. The first-order valence-corrected chi connectivity index (χ1v) is 7.31. The number of carbonyl (C=O) groups excluding carboxylic acids is 4. The second-order valence-electron chi connectivity index (χ2n) is 5.55. The molecular formula is C14H26N4O5. The molecule has 3 atom stereocenters. The Hall–Kier alpha value is -2.16. The first kappa shape index (κ1) is 20.8. The van der Waals surface area contributed by atoms with Crippen molar-refractivity contribution in [1.29, 1.82) is 0 Å². The van der Waals surface area contributed by atoms with E-state index in [2.05, 4.69) is 10.6 Å². The molecule has 4 amide bonds. The molecule has 0 aliphatic heterocycles. The van der Waals surface area contributed by atoms with Gasteiger partial charge in [-0.25, -0.2) is 0 Å². The molecule has 0 bridgehead atoms. The summed E-state index contributed by atoms with van der Waals surface area (Å²) in [6, 6.07) is -2.05. The van der Waals surface area contributed by atoms with Crippen molar-refractivity contribution in [2.75, 3.05) is 7.11 Å². The van der Waals surface area contributed by atoms with E-state index in [9.17, 15) is 19.2 Å². The quantitative estimate of drug-likeness (QED) is 0.380. The zero-order chi connectivity index (χ0) is 18.2. The minimum Gasteiger partial charge on any atom is -0.379 e. The Labute approximate surface area is 135 Å². The molecule has 0 saturated carbocycles. The molecule has 0 saturated heterocycles. The summed E-state index contributed by atoms with van der Waals surface area (Å²) in [5.74, 6) is -2.70. The van der Waals surface area contributed by atoms with Crippen molar-refractivity contribution in [3.05, 3.63) is 0 Å². The monoisotopic (exact) mass is 330 g/mol. The lowest BCUT2D eigenvalue weighted by atomic mass is 10.1. The number of rotatable bonds is 10. The van der Waals surface area contributed by atoms with Crippen LogP contribution in [0.2, 0.25) is 0 Å². The number of carbonyl (C=O) groups is 4. The first-order valence-electron chi connectivity index (χ1n) is 7.31. The Morgan fingerprint density at radius 2 is 1.57 bits per heavy atom. The van der Waals surface area contributed by atoms with Gasteiger partial charge in [-0.3, -0.25) is 19.2 Å². The molecule has 0 radical (unpaired) electrons. The summed E-state index contributed by atoms with van der Waals surface area (Å²) in [6.07, 6.45) is -0.710. The Balaban J connectivity index is 5.04. The fraction of sp³-hybridized carbons (Fsp3) is 0.714. The number of nitrogens with two attached hydrogens (primary N) is 2. The first-order chi connectivity index (χ1) is 10.6. The van der Waals surface area contributed by atoms with Crippen LogP contribution in [0.25, 0.3) is 0 Å². The summed E-state index contributed by atoms with van der Waals surface area (Å²) < 4.78 is 4.99. The van der Waals surface area contributed by atoms with Crippen molar-refractivity contribution in [1.82, 2.24) is 10.6 Å². The molecule has 0 aromatic carbocycles. The van der Waals surface area contributed by atoms with Gasteiger partial charge in [0.15, 0.2) is 0 Å². The maximum absolute atomic E-state index is 12.3. The van der Waals surface area contributed by atoms with Crippen molar-refractivity contribution in [2.24, 2.45) is 17.4 Å². The molecule has 0 aliphatic carbocycles. The Morgan fingerprint density at radius 1 is 1.00 bits per heavy atom. The van der Waals surface area contributed by atoms with Gasteiger partial charge >= 0.3 is 0 Å². The maximum Gasteiger partial charge on any atom is 0.243 e. The van der Waals surface area contributed by atoms with Crippen LogP contribution in [0, 0.1) is 5.92 Å². The largest absolute Gasteiger partial charge is 0.379 e. The van der Waals surface area contributed by atoms with Crippen LogP contribution in [-0.4, -0.2) is 48.9 Å². The van der Waals surface area contributed by atoms with Crippen LogP contribution in [0.1, 0.15) is 33.6 Å². The fourth-order valence-electron chi connectivity index (χ4n) is 1.70. The molecular weight excluding hydrogens is 304 g/mol. The van der Waals surface area contributed by atoms with Crippen molar-refractivity contribution in [3.8, 4) is 0 Å². The third kappa shape index (κ3) is 7.59. The van der Waals surface area contributed by atoms with E-state index in [1.165, 1.54) is 7.11 Å². The van der Waals surface area contributed by atoms with Gasteiger partial charge in [0.05, 0.1) is 6.10 Å². The average molecular weight is 330 g/mol. The molecule has 9 heteroatoms. The highest BCUT2D eigenvalue weighted by atomic mass is 16.5. The van der Waals surface area contributed by atoms with Crippen LogP contribution >= 0.6 is 0 Å². The second-order valence-corrected chi connectivity index (χ2v) is 5.55. The van der Waals surface area contributed by atoms with Crippen LogP contribution in [0.15, 0.2) is 0 Å². The second kappa shape index (κ2) is 9.78. The molecule has 0 aromatic heterocycles. The molecule has 0 aromatic rings. The molecule has 6 N–H and O–H groups in total. The molecule has 9 nitrogen and oxygen atoms in total. The summed E-state index contributed by atoms with van der Waals surface area (Å²) in [7, 11) is 1.37. The van der Waals surface area contributed by atoms with Gasteiger partial charge in [0.1, 0.15) is 12.1 Å². The predicted octanol–water partition coefficient (Wildman–Crippen LogP) is -1.60. The normalized spacial score (nSPS) is 14.7. The maximum atomic E-state index is 12.3. The number of primary amides is 2. The van der Waals surface area contributed by atoms with E-state index in [0.717, 1.165) is 0 Å². The zero-order valence-corrected chi connectivity index (χ0v) is 13.9. The number of ether oxygens (including phenoxy) is 1. The summed E-state index contributed by atoms with van der Waals surface area (Å²) in [4.78, 5) is 46.4. The van der Waals surface area contributed by atoms with E-state index < -0.39 is 35.9 Å². The topological polar surface area (TPSA) is 154 Å². The minimum absolute atomic E-state index is 0.0203. The Bertz CT molecular complexity index is 452. The summed E-state index contributed by atoms with van der Waals surface area (Å²) >= 11 is 0. The van der Waals surface area contributed by atoms with Crippen molar-refractivity contribution < 1.29 is 23.9 Å². The van der Waals surface area contributed by atoms with Gasteiger partial charge < -0.3 is 26.8 Å². The summed E-state index contributed by atoms with van der Waals surface area (Å²) in [6.45, 7) is 4.90. The number of amides is 4. The van der Waals surface area contributed by atoms with Gasteiger partial charge in [-0.1, -0.05) is 13.8 Å². The predicted molar refractivity (Wildman–Crippen MR) is 82.8 cm³/mol. The van der Waals surface area contributed by atoms with Crippen molar-refractivity contribution in [3.63, 3.8) is 0 Å². The van der Waals surface area contributed by atoms with Gasteiger partial charge in [-0.2, -0.15) is 0 Å². The van der Waals surface area contributed by atoms with Gasteiger partial charge in [-0.05, 0) is 13.3 Å². The smallest absolute Gasteiger partial charge is 0.243 e. The van der Waals surface area contributed by atoms with Gasteiger partial charge in [-0.15, -0.1) is 0 Å². The Morgan fingerprint density at radius 3 is 1.96 bits per heavy atom. The third-order valence-corrected chi connectivity index (χ3v) is 3.28. The van der Waals surface area contributed by atoms with E-state index in [1.807, 2.05) is 0 Å². The van der Waals surface area contributed by atoms with E-state index in [-0.39, 0.29) is 24.7 Å². The molecule has 0 rings (SSSR count). The van der Waals surface area contributed by atoms with Crippen molar-refractivity contribution in [2.45, 2.75) is 51.8 Å². The van der Waals surface area contributed by atoms with E-state index in [1.54, 1.807) is 20.8 Å². The average Bonchev–Trinajstić information content (AvgIpc) is 2.46. The van der Waals surface area contributed by atoms with Crippen LogP contribution in [0.4, 0.5) is 0 Å². The number of hydrogen-bond donors (Lipinski definition) is 4. The standard InChI is InChI=1S/C14H26N4O5/c1-7(2)13(21)17-9(5-6-10(15)19)14(22)18-11(12(16)20)8(3)23-4/h7-9,11H,5-6H2,1-4H3,(H2,15,19)(H2,16,20)(H,17,21)(H,18,22)/t8-,9+,11+/m1/s1. The minimum atomic E-state index is -1.06. The van der Waals surface area contributed by atoms with Gasteiger partial charge in [0, 0.05) is 19.4 Å². The molecule has 0 fully saturated rings. The van der Waals surface area contributed by atoms with E-state index >= 15 is 0 Å². The number of hydrogen-bond acceptors (Lipinski definition) is 5. The summed E-state index contributed by atoms with van der Waals surface area (Å²) in [5.41, 5.74) is 10.3. The molecule has 0 unspecified atom stereocenters. The highest BCUT2D eigenvalue weighted by Crippen LogP contribution is 2.03. The molecule has 0 spiro atoms. The third-order valence-electron chi connectivity index (χ3n) is 3.28.